The molecule has 0 unspecified atom stereocenters. The van der Waals surface area contributed by atoms with Crippen LogP contribution in [0.4, 0.5) is 8.78 Å². The van der Waals surface area contributed by atoms with Crippen LogP contribution in [0.5, 0.6) is 11.5 Å². The number of aromatic hydroxyl groups is 2. The van der Waals surface area contributed by atoms with Crippen LogP contribution in [0, 0.1) is 11.6 Å². The first-order valence-corrected chi connectivity index (χ1v) is 5.56. The molecule has 0 aliphatic rings. The molecular weight excluding hydrogens is 246 g/mol. The van der Waals surface area contributed by atoms with E-state index in [0.29, 0.717) is 6.42 Å². The average Bonchev–Trinajstić information content (AvgIpc) is 2.32. The van der Waals surface area contributed by atoms with Gasteiger partial charge < -0.3 is 15.3 Å². The number of halogens is 2. The van der Waals surface area contributed by atoms with E-state index in [9.17, 15) is 18.7 Å². The van der Waals surface area contributed by atoms with Crippen LogP contribution in [-0.4, -0.2) is 21.3 Å². The first-order valence-electron chi connectivity index (χ1n) is 5.56. The largest absolute Gasteiger partial charge is 0.504 e. The second kappa shape index (κ2) is 5.66. The quantitative estimate of drug-likeness (QED) is 0.562. The number of aromatic carboxylic acids is 1. The van der Waals surface area contributed by atoms with Crippen LogP contribution in [0.15, 0.2) is 0 Å². The molecule has 6 heteroatoms. The van der Waals surface area contributed by atoms with Crippen molar-refractivity contribution in [3.63, 3.8) is 0 Å². The Morgan fingerprint density at radius 2 is 1.72 bits per heavy atom. The number of phenolic OH excluding ortho intramolecular Hbond substituents is 1. The molecule has 0 aliphatic heterocycles. The lowest BCUT2D eigenvalue weighted by atomic mass is 9.98. The van der Waals surface area contributed by atoms with E-state index < -0.39 is 40.2 Å². The topological polar surface area (TPSA) is 77.8 Å². The molecule has 1 aromatic rings. The molecule has 18 heavy (non-hydrogen) atoms. The van der Waals surface area contributed by atoms with Crippen molar-refractivity contribution >= 4 is 5.97 Å². The van der Waals surface area contributed by atoms with Gasteiger partial charge in [-0.25, -0.2) is 9.18 Å². The average molecular weight is 260 g/mol. The van der Waals surface area contributed by atoms with Crippen LogP contribution in [0.3, 0.4) is 0 Å². The zero-order chi connectivity index (χ0) is 13.9. The van der Waals surface area contributed by atoms with Gasteiger partial charge in [0.15, 0.2) is 17.3 Å². The third kappa shape index (κ3) is 2.52. The van der Waals surface area contributed by atoms with Crippen molar-refractivity contribution in [3.8, 4) is 11.5 Å². The molecule has 100 valence electrons. The van der Waals surface area contributed by atoms with Gasteiger partial charge in [-0.3, -0.25) is 0 Å². The molecule has 0 fully saturated rings. The number of hydrogen-bond acceptors (Lipinski definition) is 3. The van der Waals surface area contributed by atoms with Crippen molar-refractivity contribution in [2.24, 2.45) is 0 Å². The summed E-state index contributed by atoms with van der Waals surface area (Å²) < 4.78 is 26.8. The minimum absolute atomic E-state index is 0.00787. The van der Waals surface area contributed by atoms with E-state index in [4.69, 9.17) is 10.2 Å². The molecule has 1 aromatic carbocycles. The summed E-state index contributed by atoms with van der Waals surface area (Å²) in [6.07, 6.45) is 2.02. The number of unbranched alkanes of at least 4 members (excludes halogenated alkanes) is 2. The predicted octanol–water partition coefficient (Wildman–Crippen LogP) is 2.81. The van der Waals surface area contributed by atoms with Crippen molar-refractivity contribution in [2.45, 2.75) is 32.6 Å². The summed E-state index contributed by atoms with van der Waals surface area (Å²) in [5, 5.41) is 27.3. The molecule has 0 aromatic heterocycles. The second-order valence-corrected chi connectivity index (χ2v) is 3.94. The first kappa shape index (κ1) is 14.2. The van der Waals surface area contributed by atoms with E-state index in [0.717, 1.165) is 12.8 Å². The molecule has 0 aliphatic carbocycles. The van der Waals surface area contributed by atoms with Crippen LogP contribution >= 0.6 is 0 Å². The third-order valence-corrected chi connectivity index (χ3v) is 2.67. The minimum atomic E-state index is -1.62. The summed E-state index contributed by atoms with van der Waals surface area (Å²) in [7, 11) is 0. The molecule has 0 spiro atoms. The number of carboxylic acids is 1. The Hall–Kier alpha value is -1.85. The standard InChI is InChI=1S/C12H14F2O4/c1-2-3-4-5-6-7(12(17)18)10(15)11(16)9(14)8(6)13/h15-16H,2-5H2,1H3,(H,17,18). The van der Waals surface area contributed by atoms with Gasteiger partial charge in [0.2, 0.25) is 5.82 Å². The Kier molecular flexibility index (Phi) is 4.47. The molecule has 0 radical (unpaired) electrons. The monoisotopic (exact) mass is 260 g/mol. The number of phenols is 2. The summed E-state index contributed by atoms with van der Waals surface area (Å²) >= 11 is 0. The highest BCUT2D eigenvalue weighted by Crippen LogP contribution is 2.37. The van der Waals surface area contributed by atoms with Gasteiger partial charge in [0.05, 0.1) is 0 Å². The maximum absolute atomic E-state index is 13.6. The van der Waals surface area contributed by atoms with E-state index in [1.54, 1.807) is 0 Å². The summed E-state index contributed by atoms with van der Waals surface area (Å²) in [4.78, 5) is 10.9. The van der Waals surface area contributed by atoms with Crippen molar-refractivity contribution in [1.29, 1.82) is 0 Å². The van der Waals surface area contributed by atoms with E-state index in [-0.39, 0.29) is 6.42 Å². The zero-order valence-electron chi connectivity index (χ0n) is 9.83. The van der Waals surface area contributed by atoms with E-state index in [1.807, 2.05) is 6.92 Å². The second-order valence-electron chi connectivity index (χ2n) is 3.94. The van der Waals surface area contributed by atoms with Gasteiger partial charge in [-0.05, 0) is 12.8 Å². The van der Waals surface area contributed by atoms with Crippen LogP contribution in [0.25, 0.3) is 0 Å². The molecular formula is C12H14F2O4. The minimum Gasteiger partial charge on any atom is -0.504 e. The molecule has 3 N–H and O–H groups in total. The van der Waals surface area contributed by atoms with Gasteiger partial charge in [-0.15, -0.1) is 0 Å². The van der Waals surface area contributed by atoms with Crippen molar-refractivity contribution < 1.29 is 28.9 Å². The van der Waals surface area contributed by atoms with E-state index in [1.165, 1.54) is 0 Å². The lowest BCUT2D eigenvalue weighted by Crippen LogP contribution is -2.08. The number of rotatable bonds is 5. The third-order valence-electron chi connectivity index (χ3n) is 2.67. The Balaban J connectivity index is 3.32. The molecule has 1 rings (SSSR count). The van der Waals surface area contributed by atoms with Gasteiger partial charge in [0.1, 0.15) is 5.56 Å². The van der Waals surface area contributed by atoms with E-state index in [2.05, 4.69) is 0 Å². The smallest absolute Gasteiger partial charge is 0.340 e. The highest BCUT2D eigenvalue weighted by molar-refractivity contribution is 5.93. The molecule has 4 nitrogen and oxygen atoms in total. The Morgan fingerprint density at radius 1 is 1.11 bits per heavy atom. The summed E-state index contributed by atoms with van der Waals surface area (Å²) in [6, 6.07) is 0. The van der Waals surface area contributed by atoms with Crippen molar-refractivity contribution in [1.82, 2.24) is 0 Å². The fourth-order valence-electron chi connectivity index (χ4n) is 1.73. The summed E-state index contributed by atoms with van der Waals surface area (Å²) in [5.74, 6) is -7.15. The fourth-order valence-corrected chi connectivity index (χ4v) is 1.73. The lowest BCUT2D eigenvalue weighted by Gasteiger charge is -2.11. The van der Waals surface area contributed by atoms with Crippen molar-refractivity contribution in [2.75, 3.05) is 0 Å². The normalized spacial score (nSPS) is 10.6. The van der Waals surface area contributed by atoms with Gasteiger partial charge >= 0.3 is 5.97 Å². The van der Waals surface area contributed by atoms with Crippen LogP contribution in [0.2, 0.25) is 0 Å². The first-order chi connectivity index (χ1) is 8.41. The number of benzene rings is 1. The molecule has 0 heterocycles. The molecule has 0 saturated carbocycles. The Bertz CT molecular complexity index is 472. The number of hydrogen-bond donors (Lipinski definition) is 3. The molecule has 0 atom stereocenters. The molecule has 0 bridgehead atoms. The number of carboxylic acid groups (broad SMARTS) is 1. The molecule has 0 amide bonds. The zero-order valence-corrected chi connectivity index (χ0v) is 9.83. The maximum Gasteiger partial charge on any atom is 0.340 e. The number of carbonyl (C=O) groups is 1. The highest BCUT2D eigenvalue weighted by atomic mass is 19.2. The SMILES string of the molecule is CCCCCc1c(F)c(F)c(O)c(O)c1C(=O)O. The predicted molar refractivity (Wildman–Crippen MR) is 59.9 cm³/mol. The van der Waals surface area contributed by atoms with Crippen molar-refractivity contribution in [3.05, 3.63) is 22.8 Å². The summed E-state index contributed by atoms with van der Waals surface area (Å²) in [6.45, 7) is 1.91. The van der Waals surface area contributed by atoms with Gasteiger partial charge in [-0.2, -0.15) is 4.39 Å². The highest BCUT2D eigenvalue weighted by Gasteiger charge is 2.27. The van der Waals surface area contributed by atoms with E-state index >= 15 is 0 Å². The van der Waals surface area contributed by atoms with Crippen LogP contribution < -0.4 is 0 Å². The Morgan fingerprint density at radius 3 is 2.22 bits per heavy atom. The fraction of sp³-hybridized carbons (Fsp3) is 0.417. The maximum atomic E-state index is 13.6. The Labute approximate surface area is 102 Å². The van der Waals surface area contributed by atoms with Gasteiger partial charge in [0, 0.05) is 5.56 Å². The molecule has 0 saturated heterocycles. The summed E-state index contributed by atoms with van der Waals surface area (Å²) in [5.41, 5.74) is -1.19. The lowest BCUT2D eigenvalue weighted by molar-refractivity contribution is 0.0690. The van der Waals surface area contributed by atoms with Crippen LogP contribution in [0.1, 0.15) is 42.1 Å². The van der Waals surface area contributed by atoms with Gasteiger partial charge in [0.25, 0.3) is 0 Å². The van der Waals surface area contributed by atoms with Crippen LogP contribution in [-0.2, 0) is 6.42 Å². The van der Waals surface area contributed by atoms with Gasteiger partial charge in [-0.1, -0.05) is 19.8 Å².